The van der Waals surface area contributed by atoms with Crippen LogP contribution in [0, 0.1) is 0 Å². The van der Waals surface area contributed by atoms with Crippen molar-refractivity contribution in [1.29, 1.82) is 0 Å². The van der Waals surface area contributed by atoms with E-state index in [1.54, 1.807) is 0 Å². The molecule has 26 heavy (non-hydrogen) atoms. The molecule has 0 heteroatoms. The molecule has 2 aliphatic rings. The molecular formula is C26H26. The maximum atomic E-state index is 2.36. The van der Waals surface area contributed by atoms with Crippen molar-refractivity contribution in [3.8, 4) is 11.1 Å². The molecule has 2 aromatic rings. The second-order valence-electron chi connectivity index (χ2n) is 7.71. The van der Waals surface area contributed by atoms with Crippen LogP contribution in [0.25, 0.3) is 22.3 Å². The van der Waals surface area contributed by atoms with Crippen molar-refractivity contribution in [2.75, 3.05) is 0 Å². The molecule has 0 bridgehead atoms. The van der Waals surface area contributed by atoms with Gasteiger partial charge in [0.1, 0.15) is 0 Å². The molecule has 0 N–H and O–H groups in total. The molecule has 0 nitrogen and oxygen atoms in total. The minimum Gasteiger partial charge on any atom is -0.0660 e. The third-order valence-electron chi connectivity index (χ3n) is 5.88. The van der Waals surface area contributed by atoms with Crippen LogP contribution in [-0.2, 0) is 0 Å². The van der Waals surface area contributed by atoms with Crippen LogP contribution in [-0.4, -0.2) is 0 Å². The van der Waals surface area contributed by atoms with Crippen LogP contribution >= 0.6 is 0 Å². The molecular weight excluding hydrogens is 312 g/mol. The summed E-state index contributed by atoms with van der Waals surface area (Å²) in [4.78, 5) is 0. The van der Waals surface area contributed by atoms with Crippen LogP contribution in [0.3, 0.4) is 0 Å². The van der Waals surface area contributed by atoms with Gasteiger partial charge in [0.2, 0.25) is 0 Å². The van der Waals surface area contributed by atoms with E-state index < -0.39 is 0 Å². The summed E-state index contributed by atoms with van der Waals surface area (Å²) in [6.07, 6.45) is 6.85. The monoisotopic (exact) mass is 338 g/mol. The summed E-state index contributed by atoms with van der Waals surface area (Å²) < 4.78 is 0. The Morgan fingerprint density at radius 1 is 0.500 bits per heavy atom. The fraction of sp³-hybridized carbons (Fsp3) is 0.231. The molecule has 0 fully saturated rings. The topological polar surface area (TPSA) is 0 Å². The van der Waals surface area contributed by atoms with Crippen molar-refractivity contribution >= 4 is 11.1 Å². The van der Waals surface area contributed by atoms with Crippen molar-refractivity contribution in [2.24, 2.45) is 0 Å². The minimum atomic E-state index is 1.06. The Morgan fingerprint density at radius 3 is 1.15 bits per heavy atom. The molecule has 0 amide bonds. The summed E-state index contributed by atoms with van der Waals surface area (Å²) in [5.41, 5.74) is 14.1. The predicted molar refractivity (Wildman–Crippen MR) is 114 cm³/mol. The number of rotatable bonds is 3. The summed E-state index contributed by atoms with van der Waals surface area (Å²) >= 11 is 0. The van der Waals surface area contributed by atoms with E-state index in [0.717, 1.165) is 12.8 Å². The number of hydrogen-bond acceptors (Lipinski definition) is 0. The van der Waals surface area contributed by atoms with Gasteiger partial charge in [0.15, 0.2) is 0 Å². The zero-order valence-corrected chi connectivity index (χ0v) is 16.2. The molecule has 4 rings (SSSR count). The van der Waals surface area contributed by atoms with Gasteiger partial charge < -0.3 is 0 Å². The van der Waals surface area contributed by atoms with Gasteiger partial charge in [0.25, 0.3) is 0 Å². The third-order valence-corrected chi connectivity index (χ3v) is 5.88. The van der Waals surface area contributed by atoms with Crippen LogP contribution in [0.15, 0.2) is 83.0 Å². The predicted octanol–water partition coefficient (Wildman–Crippen LogP) is 7.60. The highest BCUT2D eigenvalue weighted by molar-refractivity contribution is 5.91. The molecule has 0 atom stereocenters. The first-order valence-corrected chi connectivity index (χ1v) is 9.47. The molecule has 0 saturated heterocycles. The lowest BCUT2D eigenvalue weighted by atomic mass is 9.88. The summed E-state index contributed by atoms with van der Waals surface area (Å²) in [5, 5.41) is 0. The summed E-state index contributed by atoms with van der Waals surface area (Å²) in [5.74, 6) is 0. The van der Waals surface area contributed by atoms with E-state index in [1.165, 1.54) is 55.7 Å². The average Bonchev–Trinajstić information content (AvgIpc) is 3.17. The van der Waals surface area contributed by atoms with E-state index in [1.807, 2.05) is 0 Å². The van der Waals surface area contributed by atoms with E-state index in [9.17, 15) is 0 Å². The van der Waals surface area contributed by atoms with Crippen LogP contribution in [0.5, 0.6) is 0 Å². The normalized spacial score (nSPS) is 17.1. The largest absolute Gasteiger partial charge is 0.0660 e. The fourth-order valence-corrected chi connectivity index (χ4v) is 4.06. The molecule has 0 radical (unpaired) electrons. The molecule has 2 aromatic carbocycles. The van der Waals surface area contributed by atoms with Gasteiger partial charge in [-0.25, -0.2) is 0 Å². The van der Waals surface area contributed by atoms with Crippen LogP contribution in [0.2, 0.25) is 0 Å². The van der Waals surface area contributed by atoms with Gasteiger partial charge in [0.05, 0.1) is 0 Å². The minimum absolute atomic E-state index is 1.06. The third kappa shape index (κ3) is 2.90. The second-order valence-corrected chi connectivity index (χ2v) is 7.71. The lowest BCUT2D eigenvalue weighted by Crippen LogP contribution is -1.93. The molecule has 0 unspecified atom stereocenters. The lowest BCUT2D eigenvalue weighted by Gasteiger charge is -2.16. The molecule has 2 aliphatic carbocycles. The highest BCUT2D eigenvalue weighted by Gasteiger charge is 2.19. The van der Waals surface area contributed by atoms with Gasteiger partial charge in [-0.15, -0.1) is 0 Å². The Labute approximate surface area is 157 Å². The smallest absolute Gasteiger partial charge is 0.00579 e. The molecule has 0 spiro atoms. The zero-order chi connectivity index (χ0) is 18.3. The number of allylic oxidation sites excluding steroid dienone is 8. The highest BCUT2D eigenvalue weighted by Crippen LogP contribution is 2.41. The van der Waals surface area contributed by atoms with Crippen molar-refractivity contribution in [3.05, 3.63) is 94.1 Å². The maximum Gasteiger partial charge on any atom is -0.00579 e. The molecule has 0 aliphatic heterocycles. The Morgan fingerprint density at radius 2 is 0.846 bits per heavy atom. The van der Waals surface area contributed by atoms with E-state index in [4.69, 9.17) is 0 Å². The van der Waals surface area contributed by atoms with E-state index in [2.05, 4.69) is 88.4 Å². The maximum absolute atomic E-state index is 2.36. The SMILES string of the molecule is CC1=C(C)CC(c2ccccc2-c2ccccc2C2=CC(C)=C(C)C2)=C1. The first-order chi connectivity index (χ1) is 12.5. The number of benzene rings is 2. The van der Waals surface area contributed by atoms with Crippen molar-refractivity contribution < 1.29 is 0 Å². The highest BCUT2D eigenvalue weighted by atomic mass is 14.2. The quantitative estimate of drug-likeness (QED) is 0.540. The zero-order valence-electron chi connectivity index (χ0n) is 16.2. The van der Waals surface area contributed by atoms with Gasteiger partial charge in [-0.1, -0.05) is 83.0 Å². The Balaban J connectivity index is 1.82. The first-order valence-electron chi connectivity index (χ1n) is 9.47. The molecule has 0 aromatic heterocycles. The Kier molecular flexibility index (Phi) is 4.28. The van der Waals surface area contributed by atoms with Crippen molar-refractivity contribution in [1.82, 2.24) is 0 Å². The first kappa shape index (κ1) is 16.8. The Hall–Kier alpha value is -2.60. The molecule has 0 heterocycles. The number of hydrogen-bond donors (Lipinski definition) is 0. The standard InChI is InChI=1S/C26H26/c1-17-13-21(14-18(17)2)23-9-5-7-11-25(23)26-12-8-6-10-24(26)22-15-19(3)20(4)16-22/h5-13,15H,14,16H2,1-4H3. The summed E-state index contributed by atoms with van der Waals surface area (Å²) in [7, 11) is 0. The van der Waals surface area contributed by atoms with E-state index in [-0.39, 0.29) is 0 Å². The van der Waals surface area contributed by atoms with Crippen LogP contribution < -0.4 is 0 Å². The molecule has 130 valence electrons. The van der Waals surface area contributed by atoms with Crippen molar-refractivity contribution in [2.45, 2.75) is 40.5 Å². The Bertz CT molecular complexity index is 922. The van der Waals surface area contributed by atoms with Crippen molar-refractivity contribution in [3.63, 3.8) is 0 Å². The van der Waals surface area contributed by atoms with E-state index in [0.29, 0.717) is 0 Å². The summed E-state index contributed by atoms with van der Waals surface area (Å²) in [6, 6.07) is 17.8. The van der Waals surface area contributed by atoms with Gasteiger partial charge in [0, 0.05) is 0 Å². The lowest BCUT2D eigenvalue weighted by molar-refractivity contribution is 1.22. The van der Waals surface area contributed by atoms with Gasteiger partial charge in [-0.3, -0.25) is 0 Å². The summed E-state index contributed by atoms with van der Waals surface area (Å²) in [6.45, 7) is 8.94. The average molecular weight is 338 g/mol. The van der Waals surface area contributed by atoms with E-state index >= 15 is 0 Å². The van der Waals surface area contributed by atoms with Gasteiger partial charge >= 0.3 is 0 Å². The van der Waals surface area contributed by atoms with Gasteiger partial charge in [-0.05, 0) is 73.9 Å². The van der Waals surface area contributed by atoms with Crippen LogP contribution in [0.1, 0.15) is 51.7 Å². The van der Waals surface area contributed by atoms with Crippen LogP contribution in [0.4, 0.5) is 0 Å². The fourth-order valence-electron chi connectivity index (χ4n) is 4.06. The second kappa shape index (κ2) is 6.61. The van der Waals surface area contributed by atoms with Gasteiger partial charge in [-0.2, -0.15) is 0 Å². The molecule has 0 saturated carbocycles.